The first kappa shape index (κ1) is 18.3. The summed E-state index contributed by atoms with van der Waals surface area (Å²) in [6.45, 7) is 6.40. The fourth-order valence-electron chi connectivity index (χ4n) is 3.70. The Hall–Kier alpha value is -1.06. The van der Waals surface area contributed by atoms with Gasteiger partial charge < -0.3 is 10.6 Å². The molecule has 1 heterocycles. The number of piperidine rings is 1. The first-order chi connectivity index (χ1) is 10.6. The maximum Gasteiger partial charge on any atom is 0.223 e. The van der Waals surface area contributed by atoms with Crippen molar-refractivity contribution >= 4 is 18.3 Å². The van der Waals surface area contributed by atoms with Crippen LogP contribution in [0, 0.1) is 5.92 Å². The van der Waals surface area contributed by atoms with Gasteiger partial charge in [0, 0.05) is 5.92 Å². The number of hydrogen-bond acceptors (Lipinski definition) is 2. The normalized spacial score (nSPS) is 21.4. The van der Waals surface area contributed by atoms with Gasteiger partial charge in [0.1, 0.15) is 0 Å². The highest BCUT2D eigenvalue weighted by Crippen LogP contribution is 2.32. The Balaban J connectivity index is 0.00000192. The summed E-state index contributed by atoms with van der Waals surface area (Å²) in [5.74, 6) is 0.988. The number of carbonyl (C=O) groups excluding carboxylic acids is 1. The smallest absolute Gasteiger partial charge is 0.223 e. The Labute approximate surface area is 146 Å². The van der Waals surface area contributed by atoms with Gasteiger partial charge in [-0.1, -0.05) is 32.0 Å². The molecule has 3 rings (SSSR count). The molecule has 1 atom stereocenters. The quantitative estimate of drug-likeness (QED) is 0.883. The molecule has 0 saturated carbocycles. The Morgan fingerprint density at radius 3 is 2.65 bits per heavy atom. The first-order valence-electron chi connectivity index (χ1n) is 8.79. The van der Waals surface area contributed by atoms with Gasteiger partial charge in [0.25, 0.3) is 0 Å². The molecular weight excluding hydrogens is 308 g/mol. The number of rotatable bonds is 3. The van der Waals surface area contributed by atoms with Crippen LogP contribution in [0.4, 0.5) is 0 Å². The predicted octanol–water partition coefficient (Wildman–Crippen LogP) is 3.73. The number of aryl methyl sites for hydroxylation is 1. The van der Waals surface area contributed by atoms with Gasteiger partial charge in [-0.25, -0.2) is 0 Å². The van der Waals surface area contributed by atoms with Crippen molar-refractivity contribution < 1.29 is 4.79 Å². The van der Waals surface area contributed by atoms with Crippen LogP contribution in [0.5, 0.6) is 0 Å². The van der Waals surface area contributed by atoms with Gasteiger partial charge in [0.05, 0.1) is 6.04 Å². The van der Waals surface area contributed by atoms with Crippen LogP contribution < -0.4 is 10.6 Å². The standard InChI is InChI=1S/C19H28N2O.ClH/c1-13(2)16-7-6-14-4-3-5-18(17(14)12-16)21-19(22)15-8-10-20-11-9-15;/h6-7,12-13,15,18,20H,3-5,8-11H2,1-2H3,(H,21,22);1H/t18-;/m1./s1. The van der Waals surface area contributed by atoms with E-state index >= 15 is 0 Å². The molecule has 4 heteroatoms. The summed E-state index contributed by atoms with van der Waals surface area (Å²) in [4.78, 5) is 12.6. The minimum absolute atomic E-state index is 0. The maximum absolute atomic E-state index is 12.6. The number of amides is 1. The lowest BCUT2D eigenvalue weighted by atomic mass is 9.84. The van der Waals surface area contributed by atoms with Crippen molar-refractivity contribution in [3.05, 3.63) is 34.9 Å². The molecule has 2 N–H and O–H groups in total. The Bertz CT molecular complexity index is 538. The Morgan fingerprint density at radius 2 is 1.96 bits per heavy atom. The predicted molar refractivity (Wildman–Crippen MR) is 97.2 cm³/mol. The van der Waals surface area contributed by atoms with Gasteiger partial charge in [-0.15, -0.1) is 12.4 Å². The topological polar surface area (TPSA) is 41.1 Å². The van der Waals surface area contributed by atoms with Crippen LogP contribution in [0.1, 0.15) is 68.2 Å². The second kappa shape index (κ2) is 8.16. The molecule has 1 fully saturated rings. The maximum atomic E-state index is 12.6. The molecule has 128 valence electrons. The van der Waals surface area contributed by atoms with E-state index in [-0.39, 0.29) is 30.3 Å². The average Bonchev–Trinajstić information content (AvgIpc) is 2.55. The van der Waals surface area contributed by atoms with E-state index in [1.165, 1.54) is 23.1 Å². The van der Waals surface area contributed by atoms with Gasteiger partial charge in [0.15, 0.2) is 0 Å². The van der Waals surface area contributed by atoms with E-state index in [1.54, 1.807) is 0 Å². The zero-order valence-electron chi connectivity index (χ0n) is 14.2. The highest BCUT2D eigenvalue weighted by Gasteiger charge is 2.26. The lowest BCUT2D eigenvalue weighted by Gasteiger charge is -2.30. The van der Waals surface area contributed by atoms with E-state index in [9.17, 15) is 4.79 Å². The third-order valence-corrected chi connectivity index (χ3v) is 5.18. The van der Waals surface area contributed by atoms with Crippen LogP contribution in [-0.4, -0.2) is 19.0 Å². The van der Waals surface area contributed by atoms with Gasteiger partial charge >= 0.3 is 0 Å². The number of carbonyl (C=O) groups is 1. The van der Waals surface area contributed by atoms with Crippen molar-refractivity contribution in [2.75, 3.05) is 13.1 Å². The SMILES string of the molecule is CC(C)c1ccc2c(c1)[C@H](NC(=O)C1CCNCC1)CCC2.Cl. The summed E-state index contributed by atoms with van der Waals surface area (Å²) >= 11 is 0. The summed E-state index contributed by atoms with van der Waals surface area (Å²) in [6, 6.07) is 7.06. The zero-order chi connectivity index (χ0) is 15.5. The molecule has 0 aromatic heterocycles. The number of halogens is 1. The molecule has 0 unspecified atom stereocenters. The van der Waals surface area contributed by atoms with Gasteiger partial charge in [0.2, 0.25) is 5.91 Å². The van der Waals surface area contributed by atoms with Crippen LogP contribution in [0.25, 0.3) is 0 Å². The monoisotopic (exact) mass is 336 g/mol. The van der Waals surface area contributed by atoms with Crippen molar-refractivity contribution in [2.45, 2.75) is 57.9 Å². The molecule has 1 aliphatic carbocycles. The molecule has 0 spiro atoms. The average molecular weight is 337 g/mol. The van der Waals surface area contributed by atoms with Gasteiger partial charge in [-0.05, 0) is 67.8 Å². The Kier molecular flexibility index (Phi) is 6.49. The van der Waals surface area contributed by atoms with Crippen molar-refractivity contribution in [3.63, 3.8) is 0 Å². The Morgan fingerprint density at radius 1 is 1.22 bits per heavy atom. The first-order valence-corrected chi connectivity index (χ1v) is 8.79. The highest BCUT2D eigenvalue weighted by atomic mass is 35.5. The molecule has 1 amide bonds. The number of benzene rings is 1. The molecule has 3 nitrogen and oxygen atoms in total. The molecule has 0 radical (unpaired) electrons. The van der Waals surface area contributed by atoms with E-state index in [4.69, 9.17) is 0 Å². The lowest BCUT2D eigenvalue weighted by molar-refractivity contribution is -0.126. The van der Waals surface area contributed by atoms with Crippen molar-refractivity contribution in [3.8, 4) is 0 Å². The third kappa shape index (κ3) is 4.27. The van der Waals surface area contributed by atoms with Crippen LogP contribution in [0.2, 0.25) is 0 Å². The molecule has 0 bridgehead atoms. The summed E-state index contributed by atoms with van der Waals surface area (Å²) in [5.41, 5.74) is 4.16. The summed E-state index contributed by atoms with van der Waals surface area (Å²) in [7, 11) is 0. The second-order valence-electron chi connectivity index (χ2n) is 7.09. The molecule has 2 aliphatic rings. The zero-order valence-corrected chi connectivity index (χ0v) is 15.0. The van der Waals surface area contributed by atoms with Crippen molar-refractivity contribution in [2.24, 2.45) is 5.92 Å². The molecule has 1 aromatic rings. The number of fused-ring (bicyclic) bond motifs is 1. The third-order valence-electron chi connectivity index (χ3n) is 5.18. The number of hydrogen-bond donors (Lipinski definition) is 2. The second-order valence-corrected chi connectivity index (χ2v) is 7.09. The largest absolute Gasteiger partial charge is 0.349 e. The van der Waals surface area contributed by atoms with Crippen molar-refractivity contribution in [1.29, 1.82) is 0 Å². The van der Waals surface area contributed by atoms with Crippen molar-refractivity contribution in [1.82, 2.24) is 10.6 Å². The van der Waals surface area contributed by atoms with E-state index in [1.807, 2.05) is 0 Å². The summed E-state index contributed by atoms with van der Waals surface area (Å²) < 4.78 is 0. The molecular formula is C19H29ClN2O. The van der Waals surface area contributed by atoms with Crippen LogP contribution >= 0.6 is 12.4 Å². The molecule has 1 aliphatic heterocycles. The molecule has 1 aromatic carbocycles. The number of nitrogens with one attached hydrogen (secondary N) is 2. The van der Waals surface area contributed by atoms with E-state index < -0.39 is 0 Å². The van der Waals surface area contributed by atoms with E-state index in [0.29, 0.717) is 5.92 Å². The van der Waals surface area contributed by atoms with Gasteiger partial charge in [-0.2, -0.15) is 0 Å². The molecule has 23 heavy (non-hydrogen) atoms. The fourth-order valence-corrected chi connectivity index (χ4v) is 3.70. The fraction of sp³-hybridized carbons (Fsp3) is 0.632. The van der Waals surface area contributed by atoms with Crippen LogP contribution in [0.15, 0.2) is 18.2 Å². The molecule has 1 saturated heterocycles. The summed E-state index contributed by atoms with van der Waals surface area (Å²) in [5, 5.41) is 6.67. The van der Waals surface area contributed by atoms with Crippen LogP contribution in [-0.2, 0) is 11.2 Å². The lowest BCUT2D eigenvalue weighted by Crippen LogP contribution is -2.40. The van der Waals surface area contributed by atoms with Gasteiger partial charge in [-0.3, -0.25) is 4.79 Å². The van der Waals surface area contributed by atoms with E-state index in [2.05, 4.69) is 42.7 Å². The summed E-state index contributed by atoms with van der Waals surface area (Å²) in [6.07, 6.45) is 5.33. The minimum atomic E-state index is 0. The van der Waals surface area contributed by atoms with E-state index in [0.717, 1.165) is 38.8 Å². The minimum Gasteiger partial charge on any atom is -0.349 e. The highest BCUT2D eigenvalue weighted by molar-refractivity contribution is 5.85. The van der Waals surface area contributed by atoms with Crippen LogP contribution in [0.3, 0.4) is 0 Å².